The van der Waals surface area contributed by atoms with Gasteiger partial charge in [0.1, 0.15) is 0 Å². The van der Waals surface area contributed by atoms with E-state index in [4.69, 9.17) is 0 Å². The highest BCUT2D eigenvalue weighted by atomic mass is 19.4. The molecule has 2 aliphatic heterocycles. The van der Waals surface area contributed by atoms with E-state index in [1.807, 2.05) is 0 Å². The number of hydrogen-bond acceptors (Lipinski definition) is 4. The Morgan fingerprint density at radius 3 is 2.07 bits per heavy atom. The van der Waals surface area contributed by atoms with Crippen molar-refractivity contribution < 1.29 is 28.2 Å². The average molecular weight is 386 g/mol. The molecule has 2 saturated heterocycles. The molecule has 3 rings (SSSR count). The van der Waals surface area contributed by atoms with Crippen molar-refractivity contribution >= 4 is 5.91 Å². The maximum absolute atomic E-state index is 12.6. The van der Waals surface area contributed by atoms with Crippen molar-refractivity contribution in [2.75, 3.05) is 26.2 Å². The summed E-state index contributed by atoms with van der Waals surface area (Å²) in [6.07, 6.45) is -2.99. The summed E-state index contributed by atoms with van der Waals surface area (Å²) < 4.78 is 37.9. The van der Waals surface area contributed by atoms with E-state index in [2.05, 4.69) is 4.90 Å². The number of hydrogen-bond donors (Lipinski definition) is 2. The molecule has 0 aliphatic carbocycles. The monoisotopic (exact) mass is 386 g/mol. The first-order chi connectivity index (χ1) is 12.8. The first kappa shape index (κ1) is 20.1. The Morgan fingerprint density at radius 2 is 1.56 bits per heavy atom. The third-order valence-electron chi connectivity index (χ3n) is 5.58. The Kier molecular flexibility index (Phi) is 6.08. The van der Waals surface area contributed by atoms with Crippen molar-refractivity contribution in [3.63, 3.8) is 0 Å². The lowest BCUT2D eigenvalue weighted by Crippen LogP contribution is -2.50. The molecule has 2 fully saturated rings. The van der Waals surface area contributed by atoms with Crippen molar-refractivity contribution in [1.82, 2.24) is 9.80 Å². The largest absolute Gasteiger partial charge is 0.416 e. The van der Waals surface area contributed by atoms with Crippen LogP contribution in [0.2, 0.25) is 0 Å². The first-order valence-electron chi connectivity index (χ1n) is 9.32. The second kappa shape index (κ2) is 8.16. The number of carbonyl (C=O) groups is 1. The number of likely N-dealkylation sites (tertiary alicyclic amines) is 2. The highest BCUT2D eigenvalue weighted by molar-refractivity contribution is 5.82. The van der Waals surface area contributed by atoms with Gasteiger partial charge in [-0.25, -0.2) is 0 Å². The van der Waals surface area contributed by atoms with E-state index in [-0.39, 0.29) is 11.7 Å². The minimum Gasteiger partial charge on any atom is -0.393 e. The highest BCUT2D eigenvalue weighted by Gasteiger charge is 2.33. The second-order valence-electron chi connectivity index (χ2n) is 7.35. The van der Waals surface area contributed by atoms with Crippen LogP contribution in [-0.2, 0) is 11.0 Å². The van der Waals surface area contributed by atoms with Crippen LogP contribution in [0.1, 0.15) is 42.9 Å². The molecule has 0 bridgehead atoms. The molecule has 1 atom stereocenters. The van der Waals surface area contributed by atoms with Gasteiger partial charge in [-0.2, -0.15) is 13.2 Å². The fourth-order valence-corrected chi connectivity index (χ4v) is 3.87. The summed E-state index contributed by atoms with van der Waals surface area (Å²) in [6, 6.07) is 4.42. The van der Waals surface area contributed by atoms with Crippen LogP contribution in [0.4, 0.5) is 13.2 Å². The van der Waals surface area contributed by atoms with Crippen LogP contribution >= 0.6 is 0 Å². The topological polar surface area (TPSA) is 64.0 Å². The van der Waals surface area contributed by atoms with Crippen LogP contribution in [-0.4, -0.2) is 64.2 Å². The van der Waals surface area contributed by atoms with Crippen LogP contribution in [0.5, 0.6) is 0 Å². The number of benzene rings is 1. The van der Waals surface area contributed by atoms with Gasteiger partial charge in [0.05, 0.1) is 11.7 Å². The van der Waals surface area contributed by atoms with E-state index in [1.54, 1.807) is 4.90 Å². The van der Waals surface area contributed by atoms with Crippen molar-refractivity contribution in [3.8, 4) is 0 Å². The molecule has 2 N–H and O–H groups in total. The van der Waals surface area contributed by atoms with Gasteiger partial charge in [0, 0.05) is 32.2 Å². The van der Waals surface area contributed by atoms with Gasteiger partial charge in [0.2, 0.25) is 0 Å². The van der Waals surface area contributed by atoms with Gasteiger partial charge in [-0.05, 0) is 43.4 Å². The van der Waals surface area contributed by atoms with Crippen LogP contribution in [0.3, 0.4) is 0 Å². The molecule has 1 unspecified atom stereocenters. The lowest BCUT2D eigenvalue weighted by Gasteiger charge is -2.41. The van der Waals surface area contributed by atoms with E-state index in [9.17, 15) is 28.2 Å². The molecule has 150 valence electrons. The summed E-state index contributed by atoms with van der Waals surface area (Å²) >= 11 is 0. The molecule has 2 heterocycles. The first-order valence-corrected chi connectivity index (χ1v) is 9.32. The van der Waals surface area contributed by atoms with E-state index in [1.165, 1.54) is 0 Å². The molecule has 8 heteroatoms. The van der Waals surface area contributed by atoms with E-state index < -0.39 is 23.8 Å². The summed E-state index contributed by atoms with van der Waals surface area (Å²) in [6.45, 7) is 2.74. The third-order valence-corrected chi connectivity index (χ3v) is 5.58. The summed E-state index contributed by atoms with van der Waals surface area (Å²) in [5.41, 5.74) is -0.640. The van der Waals surface area contributed by atoms with Gasteiger partial charge in [0.15, 0.2) is 6.10 Å². The fourth-order valence-electron chi connectivity index (χ4n) is 3.87. The molecule has 27 heavy (non-hydrogen) atoms. The summed E-state index contributed by atoms with van der Waals surface area (Å²) in [7, 11) is 0. The third kappa shape index (κ3) is 4.80. The number of halogens is 3. The molecule has 0 saturated carbocycles. The van der Waals surface area contributed by atoms with Crippen molar-refractivity contribution in [2.45, 2.75) is 50.1 Å². The lowest BCUT2D eigenvalue weighted by atomic mass is 9.98. The lowest BCUT2D eigenvalue weighted by molar-refractivity contribution is -0.142. The van der Waals surface area contributed by atoms with Gasteiger partial charge >= 0.3 is 6.18 Å². The van der Waals surface area contributed by atoms with E-state index in [0.717, 1.165) is 63.0 Å². The zero-order chi connectivity index (χ0) is 19.6. The Morgan fingerprint density at radius 1 is 1.00 bits per heavy atom. The maximum atomic E-state index is 12.6. The number of carbonyl (C=O) groups excluding carboxylic acids is 1. The Labute approximate surface area is 156 Å². The molecule has 1 aromatic rings. The molecule has 1 amide bonds. The van der Waals surface area contributed by atoms with Crippen LogP contribution in [0.25, 0.3) is 0 Å². The molecule has 0 aromatic heterocycles. The quantitative estimate of drug-likeness (QED) is 0.836. The summed E-state index contributed by atoms with van der Waals surface area (Å²) in [5.74, 6) is -0.470. The van der Waals surface area contributed by atoms with Crippen molar-refractivity contribution in [2.24, 2.45) is 0 Å². The smallest absolute Gasteiger partial charge is 0.393 e. The zero-order valence-electron chi connectivity index (χ0n) is 15.0. The van der Waals surface area contributed by atoms with Crippen molar-refractivity contribution in [1.29, 1.82) is 0 Å². The SMILES string of the molecule is O=C(C(O)c1ccc(C(F)(F)F)cc1)N1CCC(N2CCC(O)CC2)CC1. The Hall–Kier alpha value is -1.64. The summed E-state index contributed by atoms with van der Waals surface area (Å²) in [5, 5.41) is 19.9. The maximum Gasteiger partial charge on any atom is 0.416 e. The second-order valence-corrected chi connectivity index (χ2v) is 7.35. The standard InChI is InChI=1S/C19H25F3N2O3/c20-19(21,22)14-3-1-13(2-4-14)17(26)18(27)24-9-5-15(6-10-24)23-11-7-16(25)8-12-23/h1-4,15-17,25-26H,5-12H2. The number of alkyl halides is 3. The van der Waals surface area contributed by atoms with E-state index >= 15 is 0 Å². The molecule has 2 aliphatic rings. The van der Waals surface area contributed by atoms with Gasteiger partial charge in [-0.15, -0.1) is 0 Å². The van der Waals surface area contributed by atoms with Crippen LogP contribution in [0, 0.1) is 0 Å². The molecule has 0 radical (unpaired) electrons. The molecule has 5 nitrogen and oxygen atoms in total. The summed E-state index contributed by atoms with van der Waals surface area (Å²) in [4.78, 5) is 16.4. The number of amides is 1. The zero-order valence-corrected chi connectivity index (χ0v) is 15.0. The number of aliphatic hydroxyl groups is 2. The molecule has 0 spiro atoms. The Balaban J connectivity index is 1.54. The Bertz CT molecular complexity index is 635. The minimum absolute atomic E-state index is 0.167. The van der Waals surface area contributed by atoms with E-state index in [0.29, 0.717) is 19.1 Å². The average Bonchev–Trinajstić information content (AvgIpc) is 2.67. The number of piperidine rings is 2. The highest BCUT2D eigenvalue weighted by Crippen LogP contribution is 2.30. The molecule has 1 aromatic carbocycles. The molecular formula is C19H25F3N2O3. The number of aliphatic hydroxyl groups excluding tert-OH is 2. The molecular weight excluding hydrogens is 361 g/mol. The van der Waals surface area contributed by atoms with Gasteiger partial charge in [-0.1, -0.05) is 12.1 Å². The van der Waals surface area contributed by atoms with Gasteiger partial charge in [0.25, 0.3) is 5.91 Å². The van der Waals surface area contributed by atoms with Gasteiger partial charge < -0.3 is 20.0 Å². The predicted molar refractivity (Wildman–Crippen MR) is 92.8 cm³/mol. The number of nitrogens with zero attached hydrogens (tertiary/aromatic N) is 2. The van der Waals surface area contributed by atoms with Gasteiger partial charge in [-0.3, -0.25) is 4.79 Å². The minimum atomic E-state index is -4.44. The normalized spacial score (nSPS) is 22.0. The fraction of sp³-hybridized carbons (Fsp3) is 0.632. The van der Waals surface area contributed by atoms with Crippen LogP contribution in [0.15, 0.2) is 24.3 Å². The predicted octanol–water partition coefficient (Wildman–Crippen LogP) is 2.19. The van der Waals surface area contributed by atoms with Crippen LogP contribution < -0.4 is 0 Å². The number of rotatable bonds is 3. The van der Waals surface area contributed by atoms with Crippen molar-refractivity contribution in [3.05, 3.63) is 35.4 Å².